The van der Waals surface area contributed by atoms with E-state index in [1.165, 1.54) is 6.92 Å². The summed E-state index contributed by atoms with van der Waals surface area (Å²) in [5.41, 5.74) is 1.75. The number of amides is 1. The van der Waals surface area contributed by atoms with Gasteiger partial charge in [0.15, 0.2) is 11.6 Å². The number of nitrogens with zero attached hydrogens (tertiary/aromatic N) is 2. The number of aromatic nitrogens is 2. The molecular formula is C20H19ClN4O3. The number of anilines is 2. The topological polar surface area (TPSA) is 87.3 Å². The first-order chi connectivity index (χ1) is 13.4. The molecule has 1 aliphatic rings. The number of nitrogens with one attached hydrogen (secondary N) is 2. The van der Waals surface area contributed by atoms with Crippen molar-refractivity contribution in [3.8, 4) is 5.75 Å². The highest BCUT2D eigenvalue weighted by molar-refractivity contribution is 6.31. The van der Waals surface area contributed by atoms with Crippen LogP contribution in [-0.4, -0.2) is 29.0 Å². The highest BCUT2D eigenvalue weighted by Crippen LogP contribution is 2.38. The van der Waals surface area contributed by atoms with E-state index in [-0.39, 0.29) is 17.5 Å². The molecule has 144 valence electrons. The molecule has 2 aromatic heterocycles. The standard InChI is InChI=1S/C20H19ClN4O3/c1-11(15-10-13-9-14(21)3-4-16(13)24-20(15)27)23-19-18-17(5-6-22-19)25(12(2)26)7-8-28-18/h3-6,9-11H,7-8H2,1-2H3,(H,22,23)(H,24,27). The maximum Gasteiger partial charge on any atom is 0.253 e. The van der Waals surface area contributed by atoms with Crippen LogP contribution in [0.5, 0.6) is 5.75 Å². The van der Waals surface area contributed by atoms with Crippen LogP contribution in [0, 0.1) is 0 Å². The molecule has 28 heavy (non-hydrogen) atoms. The number of H-pyrrole nitrogens is 1. The zero-order chi connectivity index (χ0) is 19.8. The lowest BCUT2D eigenvalue weighted by atomic mass is 10.1. The maximum absolute atomic E-state index is 12.5. The Hall–Kier alpha value is -3.06. The molecule has 1 aromatic carbocycles. The second-order valence-corrected chi connectivity index (χ2v) is 7.11. The van der Waals surface area contributed by atoms with Crippen LogP contribution in [0.3, 0.4) is 0 Å². The quantitative estimate of drug-likeness (QED) is 0.705. The van der Waals surface area contributed by atoms with Gasteiger partial charge in [0, 0.05) is 34.6 Å². The first-order valence-corrected chi connectivity index (χ1v) is 9.31. The van der Waals surface area contributed by atoms with Crippen molar-refractivity contribution in [1.82, 2.24) is 9.97 Å². The molecule has 7 nitrogen and oxygen atoms in total. The normalized spacial score (nSPS) is 14.3. The molecule has 0 spiro atoms. The van der Waals surface area contributed by atoms with Gasteiger partial charge >= 0.3 is 0 Å². The van der Waals surface area contributed by atoms with Gasteiger partial charge in [-0.3, -0.25) is 9.59 Å². The molecule has 8 heteroatoms. The zero-order valence-electron chi connectivity index (χ0n) is 15.5. The van der Waals surface area contributed by atoms with Crippen molar-refractivity contribution in [1.29, 1.82) is 0 Å². The van der Waals surface area contributed by atoms with Gasteiger partial charge in [-0.25, -0.2) is 4.98 Å². The largest absolute Gasteiger partial charge is 0.486 e. The molecule has 0 bridgehead atoms. The summed E-state index contributed by atoms with van der Waals surface area (Å²) in [6, 6.07) is 8.54. The van der Waals surface area contributed by atoms with Crippen LogP contribution in [0.2, 0.25) is 5.02 Å². The molecule has 0 fully saturated rings. The summed E-state index contributed by atoms with van der Waals surface area (Å²) in [5, 5.41) is 4.68. The highest BCUT2D eigenvalue weighted by atomic mass is 35.5. The van der Waals surface area contributed by atoms with E-state index in [1.54, 1.807) is 35.4 Å². The van der Waals surface area contributed by atoms with Crippen LogP contribution in [0.15, 0.2) is 41.3 Å². The van der Waals surface area contributed by atoms with E-state index >= 15 is 0 Å². The number of carbonyl (C=O) groups excluding carboxylic acids is 1. The number of aromatic amines is 1. The fourth-order valence-corrected chi connectivity index (χ4v) is 3.56. The Bertz CT molecular complexity index is 1130. The minimum Gasteiger partial charge on any atom is -0.486 e. The van der Waals surface area contributed by atoms with E-state index in [0.717, 1.165) is 10.9 Å². The lowest BCUT2D eigenvalue weighted by Crippen LogP contribution is -2.36. The molecule has 4 rings (SSSR count). The van der Waals surface area contributed by atoms with Crippen LogP contribution in [0.1, 0.15) is 25.5 Å². The number of pyridine rings is 2. The van der Waals surface area contributed by atoms with E-state index < -0.39 is 0 Å². The SMILES string of the molecule is CC(=O)N1CCOc2c1ccnc2NC(C)c1cc2cc(Cl)ccc2[nH]c1=O. The molecule has 0 aliphatic carbocycles. The molecule has 0 saturated carbocycles. The minimum atomic E-state index is -0.345. The first-order valence-electron chi connectivity index (χ1n) is 8.93. The predicted molar refractivity (Wildman–Crippen MR) is 109 cm³/mol. The van der Waals surface area contributed by atoms with Crippen LogP contribution < -0.4 is 20.5 Å². The van der Waals surface area contributed by atoms with Gasteiger partial charge in [-0.1, -0.05) is 11.6 Å². The van der Waals surface area contributed by atoms with Crippen LogP contribution >= 0.6 is 11.6 Å². The van der Waals surface area contributed by atoms with Crippen LogP contribution in [-0.2, 0) is 4.79 Å². The van der Waals surface area contributed by atoms with Gasteiger partial charge in [-0.15, -0.1) is 0 Å². The van der Waals surface area contributed by atoms with E-state index in [2.05, 4.69) is 15.3 Å². The fourth-order valence-electron chi connectivity index (χ4n) is 3.38. The number of hydrogen-bond donors (Lipinski definition) is 2. The predicted octanol–water partition coefficient (Wildman–Crippen LogP) is 3.49. The highest BCUT2D eigenvalue weighted by Gasteiger charge is 2.25. The summed E-state index contributed by atoms with van der Waals surface area (Å²) in [5.74, 6) is 0.940. The first kappa shape index (κ1) is 18.3. The summed E-state index contributed by atoms with van der Waals surface area (Å²) < 4.78 is 5.77. The van der Waals surface area contributed by atoms with Gasteiger partial charge in [0.2, 0.25) is 5.91 Å². The second kappa shape index (κ2) is 7.16. The molecule has 0 saturated heterocycles. The Labute approximate surface area is 166 Å². The number of halogens is 1. The van der Waals surface area contributed by atoms with Crippen molar-refractivity contribution in [3.63, 3.8) is 0 Å². The van der Waals surface area contributed by atoms with Crippen LogP contribution in [0.25, 0.3) is 10.9 Å². The summed E-state index contributed by atoms with van der Waals surface area (Å²) in [6.45, 7) is 4.27. The van der Waals surface area contributed by atoms with Gasteiger partial charge in [0.25, 0.3) is 5.56 Å². The average Bonchev–Trinajstić information content (AvgIpc) is 2.67. The van der Waals surface area contributed by atoms with Crippen molar-refractivity contribution < 1.29 is 9.53 Å². The second-order valence-electron chi connectivity index (χ2n) is 6.68. The van der Waals surface area contributed by atoms with Crippen molar-refractivity contribution in [2.75, 3.05) is 23.4 Å². The lowest BCUT2D eigenvalue weighted by Gasteiger charge is -2.30. The molecule has 1 atom stereocenters. The Balaban J connectivity index is 1.70. The van der Waals surface area contributed by atoms with Gasteiger partial charge in [0.05, 0.1) is 18.3 Å². The minimum absolute atomic E-state index is 0.0578. The fraction of sp³-hybridized carbons (Fsp3) is 0.250. The summed E-state index contributed by atoms with van der Waals surface area (Å²) in [6.07, 6.45) is 1.61. The smallest absolute Gasteiger partial charge is 0.253 e. The molecule has 2 N–H and O–H groups in total. The van der Waals surface area contributed by atoms with Gasteiger partial charge in [-0.2, -0.15) is 0 Å². The van der Waals surface area contributed by atoms with Gasteiger partial charge in [0.1, 0.15) is 6.61 Å². The molecule has 3 heterocycles. The molecular weight excluding hydrogens is 380 g/mol. The Morgan fingerprint density at radius 1 is 1.36 bits per heavy atom. The average molecular weight is 399 g/mol. The summed E-state index contributed by atoms with van der Waals surface area (Å²) in [4.78, 5) is 33.3. The van der Waals surface area contributed by atoms with Crippen molar-refractivity contribution in [3.05, 3.63) is 57.5 Å². The third-order valence-electron chi connectivity index (χ3n) is 4.77. The number of rotatable bonds is 3. The third kappa shape index (κ3) is 3.29. The van der Waals surface area contributed by atoms with Gasteiger partial charge < -0.3 is 19.9 Å². The summed E-state index contributed by atoms with van der Waals surface area (Å²) >= 11 is 6.07. The van der Waals surface area contributed by atoms with E-state index in [9.17, 15) is 9.59 Å². The van der Waals surface area contributed by atoms with E-state index in [0.29, 0.717) is 41.0 Å². The van der Waals surface area contributed by atoms with Crippen molar-refractivity contribution in [2.24, 2.45) is 0 Å². The van der Waals surface area contributed by atoms with Crippen LogP contribution in [0.4, 0.5) is 11.5 Å². The monoisotopic (exact) mass is 398 g/mol. The number of benzene rings is 1. The lowest BCUT2D eigenvalue weighted by molar-refractivity contribution is -0.116. The number of carbonyl (C=O) groups is 1. The molecule has 0 radical (unpaired) electrons. The molecule has 3 aromatic rings. The molecule has 1 unspecified atom stereocenters. The number of ether oxygens (including phenoxy) is 1. The number of hydrogen-bond acceptors (Lipinski definition) is 5. The molecule has 1 amide bonds. The molecule has 1 aliphatic heterocycles. The van der Waals surface area contributed by atoms with E-state index in [4.69, 9.17) is 16.3 Å². The zero-order valence-corrected chi connectivity index (χ0v) is 16.2. The Kier molecular flexibility index (Phi) is 4.68. The van der Waals surface area contributed by atoms with Crippen molar-refractivity contribution in [2.45, 2.75) is 19.9 Å². The summed E-state index contributed by atoms with van der Waals surface area (Å²) in [7, 11) is 0. The number of fused-ring (bicyclic) bond motifs is 2. The van der Waals surface area contributed by atoms with E-state index in [1.807, 2.05) is 13.0 Å². The maximum atomic E-state index is 12.5. The van der Waals surface area contributed by atoms with Gasteiger partial charge in [-0.05, 0) is 37.3 Å². The third-order valence-corrected chi connectivity index (χ3v) is 5.01. The Morgan fingerprint density at radius 2 is 2.18 bits per heavy atom. The van der Waals surface area contributed by atoms with Crippen molar-refractivity contribution >= 4 is 39.9 Å². The Morgan fingerprint density at radius 3 is 2.96 bits per heavy atom.